The van der Waals surface area contributed by atoms with Crippen LogP contribution in [0.3, 0.4) is 0 Å². The van der Waals surface area contributed by atoms with Crippen molar-refractivity contribution >= 4 is 0 Å². The van der Waals surface area contributed by atoms with Gasteiger partial charge in [-0.05, 0) is 57.0 Å². The van der Waals surface area contributed by atoms with Crippen LogP contribution in [0.5, 0.6) is 0 Å². The molecular weight excluding hydrogens is 196 g/mol. The lowest BCUT2D eigenvalue weighted by Crippen LogP contribution is -1.96. The van der Waals surface area contributed by atoms with Crippen LogP contribution < -0.4 is 0 Å². The average Bonchev–Trinajstić information content (AvgIpc) is 2.15. The molecule has 0 amide bonds. The smallest absolute Gasteiger partial charge is 0.0725 e. The fourth-order valence-corrected chi connectivity index (χ4v) is 2.08. The van der Waals surface area contributed by atoms with Gasteiger partial charge in [0.15, 0.2) is 0 Å². The molecule has 2 aromatic heterocycles. The molecule has 2 aromatic rings. The first-order valence-electron chi connectivity index (χ1n) is 5.46. The first-order valence-corrected chi connectivity index (χ1v) is 5.46. The Bertz CT molecular complexity index is 507. The summed E-state index contributed by atoms with van der Waals surface area (Å²) < 4.78 is 0. The molecule has 2 heteroatoms. The molecule has 0 aromatic carbocycles. The van der Waals surface area contributed by atoms with E-state index in [1.165, 1.54) is 11.1 Å². The van der Waals surface area contributed by atoms with Gasteiger partial charge >= 0.3 is 0 Å². The number of hydrogen-bond donors (Lipinski definition) is 0. The zero-order valence-corrected chi connectivity index (χ0v) is 10.2. The van der Waals surface area contributed by atoms with Gasteiger partial charge in [0.05, 0.1) is 5.69 Å². The maximum absolute atomic E-state index is 4.50. The Balaban J connectivity index is 2.64. The first-order chi connectivity index (χ1) is 7.58. The van der Waals surface area contributed by atoms with E-state index in [9.17, 15) is 0 Å². The highest BCUT2D eigenvalue weighted by Gasteiger charge is 2.08. The number of aromatic nitrogens is 2. The summed E-state index contributed by atoms with van der Waals surface area (Å²) in [5.74, 6) is 0. The third-order valence-corrected chi connectivity index (χ3v) is 2.70. The standard InChI is InChI=1S/C14H16N2/c1-9-5-6-15-13(7-9)14-10(2)8-11(3)16-12(14)4/h5-8H,1-4H3. The number of aryl methyl sites for hydroxylation is 4. The minimum Gasteiger partial charge on any atom is -0.258 e. The van der Waals surface area contributed by atoms with Gasteiger partial charge in [-0.3, -0.25) is 9.97 Å². The fraction of sp³-hybridized carbons (Fsp3) is 0.286. The van der Waals surface area contributed by atoms with Crippen molar-refractivity contribution < 1.29 is 0 Å². The van der Waals surface area contributed by atoms with E-state index < -0.39 is 0 Å². The largest absolute Gasteiger partial charge is 0.258 e. The zero-order chi connectivity index (χ0) is 11.7. The van der Waals surface area contributed by atoms with Crippen LogP contribution in [0, 0.1) is 27.7 Å². The Morgan fingerprint density at radius 3 is 2.38 bits per heavy atom. The van der Waals surface area contributed by atoms with Gasteiger partial charge in [-0.2, -0.15) is 0 Å². The molecule has 82 valence electrons. The molecule has 0 aliphatic carbocycles. The van der Waals surface area contributed by atoms with Crippen LogP contribution >= 0.6 is 0 Å². The second-order valence-electron chi connectivity index (χ2n) is 4.26. The third kappa shape index (κ3) is 1.96. The number of rotatable bonds is 1. The molecule has 2 nitrogen and oxygen atoms in total. The van der Waals surface area contributed by atoms with Crippen LogP contribution in [0.25, 0.3) is 11.3 Å². The van der Waals surface area contributed by atoms with Crippen LogP contribution in [-0.4, -0.2) is 9.97 Å². The normalized spacial score (nSPS) is 10.5. The van der Waals surface area contributed by atoms with E-state index in [0.29, 0.717) is 0 Å². The summed E-state index contributed by atoms with van der Waals surface area (Å²) in [6.07, 6.45) is 1.85. The van der Waals surface area contributed by atoms with Crippen molar-refractivity contribution in [3.05, 3.63) is 46.9 Å². The lowest BCUT2D eigenvalue weighted by atomic mass is 10.0. The molecular formula is C14H16N2. The molecule has 2 heterocycles. The maximum Gasteiger partial charge on any atom is 0.0725 e. The van der Waals surface area contributed by atoms with Crippen LogP contribution in [-0.2, 0) is 0 Å². The monoisotopic (exact) mass is 212 g/mol. The molecule has 0 spiro atoms. The minimum atomic E-state index is 1.02. The van der Waals surface area contributed by atoms with E-state index in [4.69, 9.17) is 0 Å². The minimum absolute atomic E-state index is 1.02. The van der Waals surface area contributed by atoms with Crippen LogP contribution in [0.1, 0.15) is 22.5 Å². The van der Waals surface area contributed by atoms with E-state index in [-0.39, 0.29) is 0 Å². The Hall–Kier alpha value is -1.70. The number of nitrogens with zero attached hydrogens (tertiary/aromatic N) is 2. The summed E-state index contributed by atoms with van der Waals surface area (Å²) in [5.41, 5.74) is 6.76. The summed E-state index contributed by atoms with van der Waals surface area (Å²) in [7, 11) is 0. The van der Waals surface area contributed by atoms with Crippen molar-refractivity contribution in [3.63, 3.8) is 0 Å². The summed E-state index contributed by atoms with van der Waals surface area (Å²) in [6, 6.07) is 6.22. The molecule has 0 fully saturated rings. The Kier molecular flexibility index (Phi) is 2.73. The summed E-state index contributed by atoms with van der Waals surface area (Å²) in [6.45, 7) is 8.26. The summed E-state index contributed by atoms with van der Waals surface area (Å²) in [5, 5.41) is 0. The second-order valence-corrected chi connectivity index (χ2v) is 4.26. The second kappa shape index (κ2) is 4.05. The van der Waals surface area contributed by atoms with Gasteiger partial charge < -0.3 is 0 Å². The van der Waals surface area contributed by atoms with Crippen molar-refractivity contribution in [1.82, 2.24) is 9.97 Å². The predicted molar refractivity (Wildman–Crippen MR) is 66.4 cm³/mol. The molecule has 0 N–H and O–H groups in total. The highest BCUT2D eigenvalue weighted by atomic mass is 14.7. The van der Waals surface area contributed by atoms with Crippen molar-refractivity contribution in [1.29, 1.82) is 0 Å². The van der Waals surface area contributed by atoms with E-state index in [1.807, 2.05) is 26.1 Å². The summed E-state index contributed by atoms with van der Waals surface area (Å²) in [4.78, 5) is 8.92. The van der Waals surface area contributed by atoms with Gasteiger partial charge in [-0.25, -0.2) is 0 Å². The lowest BCUT2D eigenvalue weighted by Gasteiger charge is -2.10. The lowest BCUT2D eigenvalue weighted by molar-refractivity contribution is 1.10. The van der Waals surface area contributed by atoms with Crippen LogP contribution in [0.4, 0.5) is 0 Å². The molecule has 0 unspecified atom stereocenters. The van der Waals surface area contributed by atoms with Gasteiger partial charge in [0.2, 0.25) is 0 Å². The third-order valence-electron chi connectivity index (χ3n) is 2.70. The molecule has 0 radical (unpaired) electrons. The Morgan fingerprint density at radius 2 is 1.75 bits per heavy atom. The molecule has 0 saturated carbocycles. The molecule has 0 bridgehead atoms. The molecule has 0 saturated heterocycles. The average molecular weight is 212 g/mol. The quantitative estimate of drug-likeness (QED) is 0.724. The van der Waals surface area contributed by atoms with Crippen LogP contribution in [0.2, 0.25) is 0 Å². The Labute approximate surface area is 96.4 Å². The van der Waals surface area contributed by atoms with Gasteiger partial charge in [0, 0.05) is 23.1 Å². The van der Waals surface area contributed by atoms with Crippen molar-refractivity contribution in [2.24, 2.45) is 0 Å². The fourth-order valence-electron chi connectivity index (χ4n) is 2.08. The predicted octanol–water partition coefficient (Wildman–Crippen LogP) is 3.38. The molecule has 0 aliphatic rings. The highest BCUT2D eigenvalue weighted by Crippen LogP contribution is 2.25. The van der Waals surface area contributed by atoms with Crippen molar-refractivity contribution in [2.75, 3.05) is 0 Å². The number of hydrogen-bond acceptors (Lipinski definition) is 2. The topological polar surface area (TPSA) is 25.8 Å². The first kappa shape index (κ1) is 10.8. The van der Waals surface area contributed by atoms with Crippen molar-refractivity contribution in [2.45, 2.75) is 27.7 Å². The summed E-state index contributed by atoms with van der Waals surface area (Å²) >= 11 is 0. The molecule has 2 rings (SSSR count). The maximum atomic E-state index is 4.50. The van der Waals surface area contributed by atoms with E-state index in [1.54, 1.807) is 0 Å². The van der Waals surface area contributed by atoms with E-state index >= 15 is 0 Å². The molecule has 0 atom stereocenters. The SMILES string of the molecule is Cc1ccnc(-c2c(C)cc(C)nc2C)c1. The zero-order valence-electron chi connectivity index (χ0n) is 10.2. The molecule has 16 heavy (non-hydrogen) atoms. The number of pyridine rings is 2. The van der Waals surface area contributed by atoms with Crippen molar-refractivity contribution in [3.8, 4) is 11.3 Å². The van der Waals surface area contributed by atoms with Gasteiger partial charge in [-0.15, -0.1) is 0 Å². The van der Waals surface area contributed by atoms with Gasteiger partial charge in [-0.1, -0.05) is 0 Å². The Morgan fingerprint density at radius 1 is 1.00 bits per heavy atom. The van der Waals surface area contributed by atoms with E-state index in [2.05, 4.69) is 35.9 Å². The van der Waals surface area contributed by atoms with Crippen LogP contribution in [0.15, 0.2) is 24.4 Å². The molecule has 0 aliphatic heterocycles. The van der Waals surface area contributed by atoms with Gasteiger partial charge in [0.25, 0.3) is 0 Å². The van der Waals surface area contributed by atoms with E-state index in [0.717, 1.165) is 22.6 Å². The van der Waals surface area contributed by atoms with Gasteiger partial charge in [0.1, 0.15) is 0 Å². The highest BCUT2D eigenvalue weighted by molar-refractivity contribution is 5.66.